The lowest BCUT2D eigenvalue weighted by molar-refractivity contribution is -0.170. The summed E-state index contributed by atoms with van der Waals surface area (Å²) in [5.41, 5.74) is 0.414. The molecule has 0 radical (unpaired) electrons. The predicted molar refractivity (Wildman–Crippen MR) is 92.6 cm³/mol. The Bertz CT molecular complexity index is 655. The van der Waals surface area contributed by atoms with Crippen molar-refractivity contribution in [1.29, 1.82) is 0 Å². The number of hydrogen-bond donors (Lipinski definition) is 1. The highest BCUT2D eigenvalue weighted by Crippen LogP contribution is 2.55. The van der Waals surface area contributed by atoms with Gasteiger partial charge in [-0.2, -0.15) is 0 Å². The second-order valence-electron chi connectivity index (χ2n) is 7.17. The molecule has 0 saturated heterocycles. The van der Waals surface area contributed by atoms with Crippen molar-refractivity contribution in [2.24, 2.45) is 5.41 Å². The molecular weight excluding hydrogens is 320 g/mol. The number of hydrogen-bond acceptors (Lipinski definition) is 4. The molecule has 2 aliphatic carbocycles. The first-order valence-electron chi connectivity index (χ1n) is 9.06. The van der Waals surface area contributed by atoms with Gasteiger partial charge in [0.15, 0.2) is 0 Å². The van der Waals surface area contributed by atoms with E-state index in [0.29, 0.717) is 12.2 Å². The first kappa shape index (κ1) is 17.9. The summed E-state index contributed by atoms with van der Waals surface area (Å²) in [5, 5.41) is 9.11. The van der Waals surface area contributed by atoms with Crippen LogP contribution in [-0.2, 0) is 4.74 Å². The third kappa shape index (κ3) is 3.15. The van der Waals surface area contributed by atoms with E-state index in [-0.39, 0.29) is 29.0 Å². The molecule has 136 valence electrons. The molecule has 6 heteroatoms. The lowest BCUT2D eigenvalue weighted by atomic mass is 9.54. The fourth-order valence-electron chi connectivity index (χ4n) is 4.59. The number of carboxylic acid groups (broad SMARTS) is 1. The van der Waals surface area contributed by atoms with Gasteiger partial charge < -0.3 is 14.7 Å². The molecule has 1 N–H and O–H groups in total. The Balaban J connectivity index is 1.80. The molecule has 1 aromatic rings. The van der Waals surface area contributed by atoms with Gasteiger partial charge in [0.25, 0.3) is 5.91 Å². The van der Waals surface area contributed by atoms with E-state index in [1.54, 1.807) is 4.90 Å². The maximum atomic E-state index is 12.9. The van der Waals surface area contributed by atoms with Gasteiger partial charge in [-0.1, -0.05) is 19.3 Å². The van der Waals surface area contributed by atoms with Crippen LogP contribution in [0.2, 0.25) is 0 Å². The van der Waals surface area contributed by atoms with Crippen molar-refractivity contribution in [1.82, 2.24) is 9.88 Å². The van der Waals surface area contributed by atoms with Crippen molar-refractivity contribution in [3.8, 4) is 0 Å². The topological polar surface area (TPSA) is 79.7 Å². The summed E-state index contributed by atoms with van der Waals surface area (Å²) in [5.74, 6) is -1.24. The Labute approximate surface area is 148 Å². The molecule has 0 aromatic carbocycles. The van der Waals surface area contributed by atoms with E-state index in [9.17, 15) is 9.59 Å². The molecule has 6 nitrogen and oxygen atoms in total. The van der Waals surface area contributed by atoms with E-state index in [0.717, 1.165) is 19.3 Å². The largest absolute Gasteiger partial charge is 0.478 e. The number of carbonyl (C=O) groups excluding carboxylic acids is 1. The summed E-state index contributed by atoms with van der Waals surface area (Å²) in [6.07, 6.45) is 9.56. The molecule has 0 aliphatic heterocycles. The van der Waals surface area contributed by atoms with Crippen LogP contribution < -0.4 is 0 Å². The second-order valence-corrected chi connectivity index (χ2v) is 7.17. The van der Waals surface area contributed by atoms with Crippen molar-refractivity contribution in [3.63, 3.8) is 0 Å². The van der Waals surface area contributed by atoms with Crippen LogP contribution in [0.4, 0.5) is 0 Å². The van der Waals surface area contributed by atoms with Gasteiger partial charge in [0.05, 0.1) is 17.2 Å². The summed E-state index contributed by atoms with van der Waals surface area (Å²) in [6, 6.07) is 1.55. The van der Waals surface area contributed by atoms with Crippen molar-refractivity contribution >= 4 is 11.9 Å². The van der Waals surface area contributed by atoms with Crippen LogP contribution in [0.15, 0.2) is 18.5 Å². The molecular formula is C19H26N2O4. The zero-order valence-electron chi connectivity index (χ0n) is 14.9. The summed E-state index contributed by atoms with van der Waals surface area (Å²) >= 11 is 0. The minimum Gasteiger partial charge on any atom is -0.478 e. The van der Waals surface area contributed by atoms with E-state index in [1.165, 1.54) is 37.7 Å². The van der Waals surface area contributed by atoms with E-state index in [2.05, 4.69) is 4.98 Å². The zero-order chi connectivity index (χ0) is 18.0. The number of ether oxygens (including phenoxy) is 1. The second kappa shape index (κ2) is 7.12. The van der Waals surface area contributed by atoms with Crippen LogP contribution >= 0.6 is 0 Å². The van der Waals surface area contributed by atoms with Crippen LogP contribution in [0.3, 0.4) is 0 Å². The number of rotatable bonds is 5. The van der Waals surface area contributed by atoms with Crippen LogP contribution in [0, 0.1) is 5.41 Å². The highest BCUT2D eigenvalue weighted by atomic mass is 16.5. The number of nitrogens with zero attached hydrogens (tertiary/aromatic N) is 2. The number of amides is 1. The van der Waals surface area contributed by atoms with E-state index in [4.69, 9.17) is 9.84 Å². The lowest BCUT2D eigenvalue weighted by Crippen LogP contribution is -2.65. The number of aromatic nitrogens is 1. The van der Waals surface area contributed by atoms with Crippen molar-refractivity contribution in [3.05, 3.63) is 29.6 Å². The van der Waals surface area contributed by atoms with Gasteiger partial charge in [0.2, 0.25) is 0 Å². The van der Waals surface area contributed by atoms with Crippen LogP contribution in [0.5, 0.6) is 0 Å². The van der Waals surface area contributed by atoms with Crippen LogP contribution in [0.25, 0.3) is 0 Å². The normalized spacial score (nSPS) is 24.6. The average molecular weight is 346 g/mol. The standard InChI is InChI=1S/C19H26N2O4/c1-3-25-16-10-15(19(16)7-5-4-6-8-19)21(2)17(22)13-9-14(18(23)24)12-20-11-13/h9,11-12,15-16H,3-8,10H2,1-2H3,(H,23,24). The maximum absolute atomic E-state index is 12.9. The molecule has 1 spiro atoms. The highest BCUT2D eigenvalue weighted by Gasteiger charge is 2.57. The fourth-order valence-corrected chi connectivity index (χ4v) is 4.59. The number of carboxylic acids is 1. The Morgan fingerprint density at radius 2 is 1.96 bits per heavy atom. The SMILES string of the molecule is CCOC1CC(N(C)C(=O)c2cncc(C(=O)O)c2)C12CCCCC2. The van der Waals surface area contributed by atoms with Gasteiger partial charge in [-0.25, -0.2) is 4.79 Å². The van der Waals surface area contributed by atoms with Gasteiger partial charge in [0.1, 0.15) is 0 Å². The van der Waals surface area contributed by atoms with E-state index in [1.807, 2.05) is 14.0 Å². The van der Waals surface area contributed by atoms with Crippen molar-refractivity contribution in [2.75, 3.05) is 13.7 Å². The van der Waals surface area contributed by atoms with E-state index >= 15 is 0 Å². The third-order valence-electron chi connectivity index (χ3n) is 5.91. The van der Waals surface area contributed by atoms with Crippen molar-refractivity contribution in [2.45, 2.75) is 57.6 Å². The molecule has 2 fully saturated rings. The molecule has 3 rings (SSSR count). The zero-order valence-corrected chi connectivity index (χ0v) is 14.9. The third-order valence-corrected chi connectivity index (χ3v) is 5.91. The summed E-state index contributed by atoms with van der Waals surface area (Å²) in [6.45, 7) is 2.71. The van der Waals surface area contributed by atoms with Gasteiger partial charge in [-0.15, -0.1) is 0 Å². The smallest absolute Gasteiger partial charge is 0.337 e. The van der Waals surface area contributed by atoms with E-state index < -0.39 is 5.97 Å². The Morgan fingerprint density at radius 1 is 1.28 bits per heavy atom. The predicted octanol–water partition coefficient (Wildman–Crippen LogP) is 2.98. The minimum atomic E-state index is -1.08. The molecule has 25 heavy (non-hydrogen) atoms. The number of pyridine rings is 1. The average Bonchev–Trinajstić information content (AvgIpc) is 2.64. The molecule has 2 atom stereocenters. The summed E-state index contributed by atoms with van der Waals surface area (Å²) in [7, 11) is 1.82. The molecule has 2 saturated carbocycles. The molecule has 0 bridgehead atoms. The Hall–Kier alpha value is -1.95. The van der Waals surface area contributed by atoms with Crippen LogP contribution in [-0.4, -0.2) is 52.7 Å². The maximum Gasteiger partial charge on any atom is 0.337 e. The molecule has 1 aromatic heterocycles. The van der Waals surface area contributed by atoms with Gasteiger partial charge in [-0.3, -0.25) is 9.78 Å². The molecule has 1 amide bonds. The van der Waals surface area contributed by atoms with Gasteiger partial charge >= 0.3 is 5.97 Å². The quantitative estimate of drug-likeness (QED) is 0.886. The fraction of sp³-hybridized carbons (Fsp3) is 0.632. The van der Waals surface area contributed by atoms with Crippen LogP contribution in [0.1, 0.15) is 66.2 Å². The van der Waals surface area contributed by atoms with Crippen molar-refractivity contribution < 1.29 is 19.4 Å². The molecule has 2 aliphatic rings. The first-order valence-corrected chi connectivity index (χ1v) is 9.06. The monoisotopic (exact) mass is 346 g/mol. The number of carbonyl (C=O) groups is 2. The first-order chi connectivity index (χ1) is 12.0. The molecule has 1 heterocycles. The highest BCUT2D eigenvalue weighted by molar-refractivity contribution is 5.97. The summed E-state index contributed by atoms with van der Waals surface area (Å²) in [4.78, 5) is 29.7. The van der Waals surface area contributed by atoms with Gasteiger partial charge in [-0.05, 0) is 32.3 Å². The van der Waals surface area contributed by atoms with Gasteiger partial charge in [0, 0.05) is 37.5 Å². The lowest BCUT2D eigenvalue weighted by Gasteiger charge is -2.60. The Kier molecular flexibility index (Phi) is 5.08. The Morgan fingerprint density at radius 3 is 2.60 bits per heavy atom. The molecule has 2 unspecified atom stereocenters. The summed E-state index contributed by atoms with van der Waals surface area (Å²) < 4.78 is 5.96. The minimum absolute atomic E-state index is 0.0347. The number of aromatic carboxylic acids is 1.